The number of phosphoric acid groups is 1. The molecule has 1 rings (SSSR count). The van der Waals surface area contributed by atoms with Gasteiger partial charge in [0.1, 0.15) is 43.2 Å². The van der Waals surface area contributed by atoms with E-state index in [4.69, 9.17) is 18.5 Å². The smallest absolute Gasteiger partial charge is 0.462 e. The second-order valence-corrected chi connectivity index (χ2v) is 17.9. The molecule has 1 saturated carbocycles. The van der Waals surface area contributed by atoms with Gasteiger partial charge in [0, 0.05) is 12.8 Å². The maximum atomic E-state index is 12.8. The van der Waals surface area contributed by atoms with Gasteiger partial charge in [0.05, 0.1) is 12.7 Å². The lowest BCUT2D eigenvalue weighted by Crippen LogP contribution is -2.64. The van der Waals surface area contributed by atoms with Crippen LogP contribution in [-0.2, 0) is 32.7 Å². The fourth-order valence-electron chi connectivity index (χ4n) is 6.71. The van der Waals surface area contributed by atoms with E-state index in [1.807, 2.05) is 12.2 Å². The van der Waals surface area contributed by atoms with Crippen LogP contribution in [0.2, 0.25) is 0 Å². The number of unbranched alkanes of at least 4 members (excludes halogenated alkanes) is 13. The van der Waals surface area contributed by atoms with Gasteiger partial charge in [-0.15, -0.1) is 0 Å². The molecule has 1 aliphatic carbocycles. The van der Waals surface area contributed by atoms with E-state index in [0.29, 0.717) is 6.42 Å². The largest absolute Gasteiger partial charge is 0.472 e. The first-order valence-electron chi connectivity index (χ1n) is 23.8. The van der Waals surface area contributed by atoms with Crippen molar-refractivity contribution in [3.05, 3.63) is 72.9 Å². The molecule has 7 N–H and O–H groups in total. The lowest BCUT2D eigenvalue weighted by atomic mass is 9.85. The van der Waals surface area contributed by atoms with E-state index in [0.717, 1.165) is 57.8 Å². The SMILES string of the molecule is CCCCC/C=C\C/C=C\C/C=C\CCCCCCC(=O)OC[C@H](COP(=O)(O)OC1[C@H](O)[C@H](O)C(O)[C@H](O)[C@H]1O)OC(=O)CCCC(O)/C=C/C=C/C/C=C/CCCCCCCC. The van der Waals surface area contributed by atoms with Crippen LogP contribution in [0.15, 0.2) is 72.9 Å². The zero-order valence-corrected chi connectivity index (χ0v) is 39.6. The number of phosphoric ester groups is 1. The molecule has 1 fully saturated rings. The lowest BCUT2D eigenvalue weighted by Gasteiger charge is -2.41. The van der Waals surface area contributed by atoms with Gasteiger partial charge in [-0.2, -0.15) is 0 Å². The van der Waals surface area contributed by atoms with Gasteiger partial charge in [-0.05, 0) is 77.0 Å². The van der Waals surface area contributed by atoms with E-state index in [9.17, 15) is 49.7 Å². The molecular weight excluding hydrogens is 843 g/mol. The van der Waals surface area contributed by atoms with Gasteiger partial charge in [0.2, 0.25) is 0 Å². The summed E-state index contributed by atoms with van der Waals surface area (Å²) in [6.07, 6.45) is 31.1. The Hall–Kier alpha value is -2.75. The maximum Gasteiger partial charge on any atom is 0.472 e. The van der Waals surface area contributed by atoms with Crippen LogP contribution in [0.4, 0.5) is 0 Å². The Kier molecular flexibility index (Phi) is 35.5. The van der Waals surface area contributed by atoms with Gasteiger partial charge in [-0.3, -0.25) is 18.6 Å². The van der Waals surface area contributed by atoms with Crippen molar-refractivity contribution in [1.29, 1.82) is 0 Å². The number of hydrogen-bond acceptors (Lipinski definition) is 13. The molecule has 15 heteroatoms. The molecule has 4 unspecified atom stereocenters. The molecule has 1 aliphatic rings. The zero-order chi connectivity index (χ0) is 47.3. The molecule has 0 amide bonds. The van der Waals surface area contributed by atoms with Crippen LogP contribution in [0.25, 0.3) is 0 Å². The van der Waals surface area contributed by atoms with E-state index in [-0.39, 0.29) is 25.7 Å². The molecule has 0 aromatic rings. The van der Waals surface area contributed by atoms with Crippen molar-refractivity contribution in [2.75, 3.05) is 13.2 Å². The van der Waals surface area contributed by atoms with Crippen molar-refractivity contribution >= 4 is 19.8 Å². The Morgan fingerprint density at radius 3 is 1.62 bits per heavy atom. The summed E-state index contributed by atoms with van der Waals surface area (Å²) in [6.45, 7) is 3.08. The van der Waals surface area contributed by atoms with Crippen molar-refractivity contribution < 1.29 is 68.2 Å². The van der Waals surface area contributed by atoms with Gasteiger partial charge in [-0.25, -0.2) is 4.57 Å². The van der Waals surface area contributed by atoms with Gasteiger partial charge < -0.3 is 45.0 Å². The maximum absolute atomic E-state index is 12.8. The second-order valence-electron chi connectivity index (χ2n) is 16.5. The number of aliphatic hydroxyl groups excluding tert-OH is 6. The van der Waals surface area contributed by atoms with E-state index in [1.165, 1.54) is 57.8 Å². The lowest BCUT2D eigenvalue weighted by molar-refractivity contribution is -0.220. The average molecular weight is 927 g/mol. The molecule has 0 heterocycles. The molecule has 0 spiro atoms. The molecule has 368 valence electrons. The molecule has 64 heavy (non-hydrogen) atoms. The summed E-state index contributed by atoms with van der Waals surface area (Å²) in [6, 6.07) is 0. The van der Waals surface area contributed by atoms with Crippen LogP contribution in [0, 0.1) is 0 Å². The van der Waals surface area contributed by atoms with Crippen LogP contribution < -0.4 is 0 Å². The third kappa shape index (κ3) is 30.5. The minimum absolute atomic E-state index is 0.0985. The summed E-state index contributed by atoms with van der Waals surface area (Å²) >= 11 is 0. The summed E-state index contributed by atoms with van der Waals surface area (Å²) in [7, 11) is -5.18. The van der Waals surface area contributed by atoms with Gasteiger partial charge in [-0.1, -0.05) is 145 Å². The Labute approximate surface area is 383 Å². The van der Waals surface area contributed by atoms with E-state index in [2.05, 4.69) is 62.5 Å². The first-order valence-corrected chi connectivity index (χ1v) is 25.3. The predicted octanol–water partition coefficient (Wildman–Crippen LogP) is 8.47. The van der Waals surface area contributed by atoms with E-state index >= 15 is 0 Å². The highest BCUT2D eigenvalue weighted by molar-refractivity contribution is 7.47. The molecule has 0 aliphatic heterocycles. The summed E-state index contributed by atoms with van der Waals surface area (Å²) in [5.74, 6) is -1.33. The van der Waals surface area contributed by atoms with Crippen molar-refractivity contribution in [2.24, 2.45) is 0 Å². The Bertz CT molecular complexity index is 1410. The fourth-order valence-corrected chi connectivity index (χ4v) is 7.69. The van der Waals surface area contributed by atoms with E-state index < -0.39 is 81.8 Å². The number of ether oxygens (including phenoxy) is 2. The summed E-state index contributed by atoms with van der Waals surface area (Å²) < 4.78 is 33.4. The van der Waals surface area contributed by atoms with Crippen molar-refractivity contribution in [1.82, 2.24) is 0 Å². The second kappa shape index (κ2) is 38.4. The summed E-state index contributed by atoms with van der Waals surface area (Å²) in [5, 5.41) is 60.5. The Morgan fingerprint density at radius 2 is 1.03 bits per heavy atom. The standard InChI is InChI=1S/C49H83O14P/c1-3-5-7-9-11-13-15-17-18-19-20-22-24-26-28-30-32-36-42(51)60-38-41(39-61-64(58,59)63-49-47(56)45(54)44(53)46(55)48(49)57)62-43(52)37-33-35-40(50)34-31-29-27-25-23-21-16-14-12-10-8-6-4-2/h11,13,17-18,20-23,27,29,31,34,40-41,44-50,53-57H,3-10,12,14-16,19,24-26,28,30,32-33,35-39H2,1-2H3,(H,58,59)/b13-11-,18-17-,22-20-,23-21+,29-27+,34-31+/t40?,41-,44?,45-,46+,47-,48-,49?/m1/s1. The number of aliphatic hydroxyl groups is 6. The molecule has 0 aromatic carbocycles. The number of hydrogen-bond donors (Lipinski definition) is 7. The molecular formula is C49H83O14P. The monoisotopic (exact) mass is 927 g/mol. The molecule has 0 radical (unpaired) electrons. The third-order valence-corrected chi connectivity index (χ3v) is 11.6. The molecule has 0 aromatic heterocycles. The predicted molar refractivity (Wildman–Crippen MR) is 250 cm³/mol. The molecule has 9 atom stereocenters. The van der Waals surface area contributed by atoms with Crippen molar-refractivity contribution in [3.63, 3.8) is 0 Å². The number of carbonyl (C=O) groups is 2. The van der Waals surface area contributed by atoms with Crippen molar-refractivity contribution in [3.8, 4) is 0 Å². The Balaban J connectivity index is 2.56. The van der Waals surface area contributed by atoms with Crippen LogP contribution >= 0.6 is 7.82 Å². The highest BCUT2D eigenvalue weighted by Gasteiger charge is 2.51. The van der Waals surface area contributed by atoms with Crippen LogP contribution in [-0.4, -0.2) is 110 Å². The van der Waals surface area contributed by atoms with E-state index in [1.54, 1.807) is 12.2 Å². The highest BCUT2D eigenvalue weighted by Crippen LogP contribution is 2.47. The molecule has 0 bridgehead atoms. The topological polar surface area (TPSA) is 230 Å². The molecule has 14 nitrogen and oxygen atoms in total. The van der Waals surface area contributed by atoms with Gasteiger partial charge >= 0.3 is 19.8 Å². The fraction of sp³-hybridized carbons (Fsp3) is 0.714. The van der Waals surface area contributed by atoms with Crippen molar-refractivity contribution in [2.45, 2.75) is 210 Å². The van der Waals surface area contributed by atoms with Crippen LogP contribution in [0.5, 0.6) is 0 Å². The number of esters is 2. The van der Waals surface area contributed by atoms with Gasteiger partial charge in [0.25, 0.3) is 0 Å². The minimum Gasteiger partial charge on any atom is -0.462 e. The first kappa shape index (κ1) is 59.3. The zero-order valence-electron chi connectivity index (χ0n) is 38.7. The minimum atomic E-state index is -5.18. The highest BCUT2D eigenvalue weighted by atomic mass is 31.2. The summed E-state index contributed by atoms with van der Waals surface area (Å²) in [5.41, 5.74) is 0. The number of allylic oxidation sites excluding steroid dienone is 11. The number of carbonyl (C=O) groups excluding carboxylic acids is 2. The number of rotatable bonds is 38. The quantitative estimate of drug-likeness (QED) is 0.0101. The third-order valence-electron chi connectivity index (χ3n) is 10.6. The molecule has 0 saturated heterocycles. The Morgan fingerprint density at radius 1 is 0.562 bits per heavy atom. The normalized spacial score (nSPS) is 22.7. The van der Waals surface area contributed by atoms with Gasteiger partial charge in [0.15, 0.2) is 6.10 Å². The van der Waals surface area contributed by atoms with Crippen LogP contribution in [0.1, 0.15) is 162 Å². The summed E-state index contributed by atoms with van der Waals surface area (Å²) in [4.78, 5) is 35.7. The average Bonchev–Trinajstić information content (AvgIpc) is 3.27. The first-order chi connectivity index (χ1) is 30.8. The van der Waals surface area contributed by atoms with Crippen LogP contribution in [0.3, 0.4) is 0 Å².